The van der Waals surface area contributed by atoms with E-state index in [0.29, 0.717) is 24.6 Å². The molecule has 4 nitrogen and oxygen atoms in total. The molecule has 0 spiro atoms. The summed E-state index contributed by atoms with van der Waals surface area (Å²) in [6.07, 6.45) is 1.50. The van der Waals surface area contributed by atoms with E-state index >= 15 is 0 Å². The molecular formula is C12H28O4P2. The lowest BCUT2D eigenvalue weighted by molar-refractivity contribution is 0.0822. The van der Waals surface area contributed by atoms with E-state index < -0.39 is 14.7 Å². The van der Waals surface area contributed by atoms with E-state index in [1.165, 1.54) is 0 Å². The number of rotatable bonds is 9. The summed E-state index contributed by atoms with van der Waals surface area (Å²) < 4.78 is 35.7. The Bertz CT molecular complexity index is 282. The molecule has 6 heteroatoms. The van der Waals surface area contributed by atoms with Gasteiger partial charge in [-0.25, -0.2) is 0 Å². The van der Waals surface area contributed by atoms with Crippen LogP contribution in [0.2, 0.25) is 0 Å². The Balaban J connectivity index is 4.57. The van der Waals surface area contributed by atoms with Crippen LogP contribution in [0.25, 0.3) is 0 Å². The lowest BCUT2D eigenvalue weighted by atomic mass is 10.3. The molecule has 0 heterocycles. The van der Waals surface area contributed by atoms with Gasteiger partial charge in [-0.05, 0) is 13.8 Å². The molecule has 0 aliphatic carbocycles. The van der Waals surface area contributed by atoms with Gasteiger partial charge in [0.2, 0.25) is 14.7 Å². The van der Waals surface area contributed by atoms with Crippen LogP contribution in [0.1, 0.15) is 41.5 Å². The molecule has 0 aromatic carbocycles. The van der Waals surface area contributed by atoms with E-state index in [1.807, 2.05) is 41.5 Å². The maximum absolute atomic E-state index is 12.2. The highest BCUT2D eigenvalue weighted by Gasteiger charge is 2.29. The zero-order valence-electron chi connectivity index (χ0n) is 12.5. The molecule has 0 saturated carbocycles. The van der Waals surface area contributed by atoms with Crippen LogP contribution in [0.15, 0.2) is 0 Å². The maximum Gasteiger partial charge on any atom is 0.202 e. The van der Waals surface area contributed by atoms with Crippen LogP contribution >= 0.6 is 14.7 Å². The van der Waals surface area contributed by atoms with Gasteiger partial charge in [0.25, 0.3) is 0 Å². The topological polar surface area (TPSA) is 52.6 Å². The van der Waals surface area contributed by atoms with E-state index in [0.717, 1.165) is 0 Å². The summed E-state index contributed by atoms with van der Waals surface area (Å²) in [7, 11) is -5.09. The average Bonchev–Trinajstić information content (AvgIpc) is 2.38. The summed E-state index contributed by atoms with van der Waals surface area (Å²) in [4.78, 5) is 0. The lowest BCUT2D eigenvalue weighted by Crippen LogP contribution is -2.25. The molecule has 0 radical (unpaired) electrons. The van der Waals surface area contributed by atoms with Crippen molar-refractivity contribution < 1.29 is 18.2 Å². The molecule has 0 amide bonds. The third-order valence-electron chi connectivity index (χ3n) is 3.31. The molecule has 2 atom stereocenters. The van der Waals surface area contributed by atoms with Crippen molar-refractivity contribution in [2.24, 2.45) is 0 Å². The molecule has 0 unspecified atom stereocenters. The molecule has 18 heavy (non-hydrogen) atoms. The van der Waals surface area contributed by atoms with Gasteiger partial charge in [0.05, 0.1) is 12.2 Å². The van der Waals surface area contributed by atoms with Crippen LogP contribution in [-0.4, -0.2) is 36.9 Å². The molecule has 110 valence electrons. The molecule has 0 aliphatic rings. The Morgan fingerprint density at radius 1 is 0.722 bits per heavy atom. The zero-order valence-corrected chi connectivity index (χ0v) is 14.3. The second-order valence-electron chi connectivity index (χ2n) is 4.52. The monoisotopic (exact) mass is 298 g/mol. The van der Waals surface area contributed by atoms with Crippen molar-refractivity contribution in [3.8, 4) is 0 Å². The van der Waals surface area contributed by atoms with E-state index in [4.69, 9.17) is 9.05 Å². The van der Waals surface area contributed by atoms with Crippen molar-refractivity contribution in [1.29, 1.82) is 0 Å². The number of hydrogen-bond acceptors (Lipinski definition) is 4. The Hall–Kier alpha value is 0.380. The van der Waals surface area contributed by atoms with Crippen molar-refractivity contribution in [3.05, 3.63) is 0 Å². The molecule has 0 aromatic heterocycles. The second-order valence-corrected chi connectivity index (χ2v) is 10.7. The summed E-state index contributed by atoms with van der Waals surface area (Å²) >= 11 is 0. The summed E-state index contributed by atoms with van der Waals surface area (Å²) in [5, 5.41) is 0. The first-order valence-electron chi connectivity index (χ1n) is 6.78. The molecule has 0 bridgehead atoms. The third kappa shape index (κ3) is 5.57. The van der Waals surface area contributed by atoms with Gasteiger partial charge in [-0.2, -0.15) is 0 Å². The van der Waals surface area contributed by atoms with Gasteiger partial charge < -0.3 is 9.05 Å². The second kappa shape index (κ2) is 7.85. The van der Waals surface area contributed by atoms with Crippen LogP contribution < -0.4 is 0 Å². The summed E-state index contributed by atoms with van der Waals surface area (Å²) in [5.41, 5.74) is 0. The summed E-state index contributed by atoms with van der Waals surface area (Å²) in [5.74, 6) is 0. The predicted molar refractivity (Wildman–Crippen MR) is 78.5 cm³/mol. The average molecular weight is 298 g/mol. The molecule has 0 fully saturated rings. The summed E-state index contributed by atoms with van der Waals surface area (Å²) in [6, 6.07) is 0. The Labute approximate surface area is 112 Å². The van der Waals surface area contributed by atoms with Gasteiger partial charge in [0.1, 0.15) is 0 Å². The first-order valence-corrected chi connectivity index (χ1v) is 10.8. The summed E-state index contributed by atoms with van der Waals surface area (Å²) in [6.45, 7) is 11.1. The molecule has 0 N–H and O–H groups in total. The third-order valence-corrected chi connectivity index (χ3v) is 8.59. The fourth-order valence-electron chi connectivity index (χ4n) is 1.52. The van der Waals surface area contributed by atoms with Crippen molar-refractivity contribution in [2.75, 3.05) is 24.6 Å². The molecule has 0 aliphatic heterocycles. The van der Waals surface area contributed by atoms with Crippen LogP contribution in [0, 0.1) is 0 Å². The minimum Gasteiger partial charge on any atom is -0.323 e. The van der Waals surface area contributed by atoms with Gasteiger partial charge in [0.15, 0.2) is 0 Å². The first kappa shape index (κ1) is 18.4. The van der Waals surface area contributed by atoms with Crippen LogP contribution in [0.4, 0.5) is 0 Å². The van der Waals surface area contributed by atoms with Crippen molar-refractivity contribution in [1.82, 2.24) is 0 Å². The van der Waals surface area contributed by atoms with Crippen molar-refractivity contribution in [3.63, 3.8) is 0 Å². The number of hydrogen-bond donors (Lipinski definition) is 0. The van der Waals surface area contributed by atoms with Crippen LogP contribution in [-0.2, 0) is 18.2 Å². The molecule has 0 rings (SSSR count). The fourth-order valence-corrected chi connectivity index (χ4v) is 4.57. The van der Waals surface area contributed by atoms with E-state index in [1.54, 1.807) is 0 Å². The Kier molecular flexibility index (Phi) is 8.01. The first-order chi connectivity index (χ1) is 8.25. The van der Waals surface area contributed by atoms with Crippen molar-refractivity contribution in [2.45, 2.75) is 53.8 Å². The predicted octanol–water partition coefficient (Wildman–Crippen LogP) is 4.43. The van der Waals surface area contributed by atoms with Gasteiger partial charge in [-0.3, -0.25) is 9.13 Å². The molecular weight excluding hydrogens is 270 g/mol. The van der Waals surface area contributed by atoms with E-state index in [-0.39, 0.29) is 12.2 Å². The highest BCUT2D eigenvalue weighted by molar-refractivity contribution is 7.59. The minimum atomic E-state index is -2.54. The standard InChI is InChI=1S/C12H28O4P2/c1-7-17(13,8-2)15-11(5)12(6)16-18(14,9-3)10-4/h11-12H,7-10H2,1-6H3/t11-,12-/m1/s1. The highest BCUT2D eigenvalue weighted by atomic mass is 31.2. The quantitative estimate of drug-likeness (QED) is 0.591. The maximum atomic E-state index is 12.2. The van der Waals surface area contributed by atoms with Crippen LogP contribution in [0.5, 0.6) is 0 Å². The zero-order chi connectivity index (χ0) is 14.4. The minimum absolute atomic E-state index is 0.304. The van der Waals surface area contributed by atoms with Gasteiger partial charge in [-0.15, -0.1) is 0 Å². The van der Waals surface area contributed by atoms with Gasteiger partial charge in [0, 0.05) is 24.6 Å². The Morgan fingerprint density at radius 3 is 1.11 bits per heavy atom. The van der Waals surface area contributed by atoms with E-state index in [9.17, 15) is 9.13 Å². The Morgan fingerprint density at radius 2 is 0.944 bits per heavy atom. The van der Waals surface area contributed by atoms with Gasteiger partial charge in [-0.1, -0.05) is 27.7 Å². The molecule has 0 aromatic rings. The SMILES string of the molecule is CCP(=O)(CC)O[C@H](C)[C@@H](C)OP(=O)(CC)CC. The largest absolute Gasteiger partial charge is 0.323 e. The fraction of sp³-hybridized carbons (Fsp3) is 1.00. The van der Waals surface area contributed by atoms with Gasteiger partial charge >= 0.3 is 0 Å². The smallest absolute Gasteiger partial charge is 0.202 e. The molecule has 0 saturated heterocycles. The normalized spacial score (nSPS) is 16.6. The lowest BCUT2D eigenvalue weighted by Gasteiger charge is -2.28. The van der Waals surface area contributed by atoms with Crippen molar-refractivity contribution >= 4 is 14.7 Å². The highest BCUT2D eigenvalue weighted by Crippen LogP contribution is 2.50. The van der Waals surface area contributed by atoms with Crippen LogP contribution in [0.3, 0.4) is 0 Å². The van der Waals surface area contributed by atoms with E-state index in [2.05, 4.69) is 0 Å².